The Bertz CT molecular complexity index is 545. The first-order valence-electron chi connectivity index (χ1n) is 5.64. The Hall–Kier alpha value is -0.580. The van der Waals surface area contributed by atoms with Crippen molar-refractivity contribution in [3.63, 3.8) is 0 Å². The van der Waals surface area contributed by atoms with Crippen LogP contribution in [0, 0.1) is 6.92 Å². The van der Waals surface area contributed by atoms with Crippen molar-refractivity contribution < 1.29 is 0 Å². The Morgan fingerprint density at radius 3 is 2.56 bits per heavy atom. The maximum atomic E-state index is 6.20. The van der Waals surface area contributed by atoms with Gasteiger partial charge in [0.2, 0.25) is 0 Å². The predicted octanol–water partition coefficient (Wildman–Crippen LogP) is 4.95. The normalized spacial score (nSPS) is 11.8. The molecule has 2 aromatic heterocycles. The van der Waals surface area contributed by atoms with Gasteiger partial charge in [0, 0.05) is 11.0 Å². The summed E-state index contributed by atoms with van der Waals surface area (Å²) in [7, 11) is 0. The van der Waals surface area contributed by atoms with Crippen molar-refractivity contribution in [2.45, 2.75) is 42.3 Å². The van der Waals surface area contributed by atoms with Crippen LogP contribution in [0.2, 0.25) is 5.15 Å². The van der Waals surface area contributed by atoms with E-state index >= 15 is 0 Å². The minimum Gasteiger partial charge on any atom is -0.225 e. The van der Waals surface area contributed by atoms with E-state index in [1.807, 2.05) is 13.0 Å². The van der Waals surface area contributed by atoms with Gasteiger partial charge in [-0.05, 0) is 18.4 Å². The van der Waals surface area contributed by atoms with Crippen molar-refractivity contribution in [1.29, 1.82) is 0 Å². The molecule has 5 heteroatoms. The van der Waals surface area contributed by atoms with Gasteiger partial charge in [0.1, 0.15) is 16.0 Å². The Kier molecular flexibility index (Phi) is 3.99. The van der Waals surface area contributed by atoms with Crippen LogP contribution < -0.4 is 0 Å². The number of hydrogen-bond acceptors (Lipinski definition) is 4. The van der Waals surface area contributed by atoms with Crippen LogP contribution in [0.5, 0.6) is 0 Å². The van der Waals surface area contributed by atoms with Crippen molar-refractivity contribution in [2.24, 2.45) is 0 Å². The van der Waals surface area contributed by atoms with Gasteiger partial charge in [-0.15, -0.1) is 11.3 Å². The maximum Gasteiger partial charge on any atom is 0.136 e. The summed E-state index contributed by atoms with van der Waals surface area (Å²) in [6, 6.07) is 4.12. The Morgan fingerprint density at radius 1 is 1.28 bits per heavy atom. The molecule has 0 spiro atoms. The molecule has 0 aliphatic rings. The van der Waals surface area contributed by atoms with Crippen LogP contribution in [-0.4, -0.2) is 9.97 Å². The van der Waals surface area contributed by atoms with Crippen LogP contribution in [-0.2, 0) is 5.41 Å². The van der Waals surface area contributed by atoms with Gasteiger partial charge in [-0.2, -0.15) is 0 Å². The van der Waals surface area contributed by atoms with Crippen molar-refractivity contribution in [1.82, 2.24) is 9.97 Å². The van der Waals surface area contributed by atoms with E-state index in [1.54, 1.807) is 23.1 Å². The molecule has 0 aromatic carbocycles. The van der Waals surface area contributed by atoms with E-state index in [9.17, 15) is 0 Å². The zero-order chi connectivity index (χ0) is 13.3. The quantitative estimate of drug-likeness (QED) is 0.734. The smallest absolute Gasteiger partial charge is 0.136 e. The van der Waals surface area contributed by atoms with Crippen molar-refractivity contribution >= 4 is 34.7 Å². The van der Waals surface area contributed by atoms with E-state index in [0.29, 0.717) is 5.15 Å². The lowest BCUT2D eigenvalue weighted by molar-refractivity contribution is 0.537. The molecule has 2 nitrogen and oxygen atoms in total. The number of halogens is 1. The lowest BCUT2D eigenvalue weighted by atomic mass is 9.96. The second kappa shape index (κ2) is 5.19. The summed E-state index contributed by atoms with van der Waals surface area (Å²) in [5.41, 5.74) is 0.852. The lowest BCUT2D eigenvalue weighted by Gasteiger charge is -2.18. The SMILES string of the molecule is Cc1c(Cl)nc(C(C)(C)C)nc1Sc1cccs1. The highest BCUT2D eigenvalue weighted by molar-refractivity contribution is 8.01. The van der Waals surface area contributed by atoms with E-state index < -0.39 is 0 Å². The van der Waals surface area contributed by atoms with E-state index in [2.05, 4.69) is 42.2 Å². The average molecular weight is 299 g/mol. The largest absolute Gasteiger partial charge is 0.225 e. The van der Waals surface area contributed by atoms with Crippen molar-refractivity contribution in [3.05, 3.63) is 34.1 Å². The zero-order valence-corrected chi connectivity index (χ0v) is 13.2. The molecule has 0 aliphatic carbocycles. The van der Waals surface area contributed by atoms with E-state index in [-0.39, 0.29) is 5.41 Å². The van der Waals surface area contributed by atoms with Crippen LogP contribution in [0.4, 0.5) is 0 Å². The van der Waals surface area contributed by atoms with Crippen LogP contribution >= 0.6 is 34.7 Å². The summed E-state index contributed by atoms with van der Waals surface area (Å²) in [4.78, 5) is 9.03. The second-order valence-electron chi connectivity index (χ2n) is 5.05. The Morgan fingerprint density at radius 2 is 2.00 bits per heavy atom. The molecule has 0 fully saturated rings. The zero-order valence-electron chi connectivity index (χ0n) is 10.8. The molecule has 96 valence electrons. The van der Waals surface area contributed by atoms with Gasteiger partial charge < -0.3 is 0 Å². The molecule has 0 saturated carbocycles. The van der Waals surface area contributed by atoms with Crippen LogP contribution in [0.15, 0.2) is 26.7 Å². The highest BCUT2D eigenvalue weighted by Crippen LogP contribution is 2.35. The highest BCUT2D eigenvalue weighted by Gasteiger charge is 2.21. The molecule has 2 rings (SSSR count). The van der Waals surface area contributed by atoms with E-state index in [4.69, 9.17) is 11.6 Å². The van der Waals surface area contributed by atoms with Crippen LogP contribution in [0.25, 0.3) is 0 Å². The minimum absolute atomic E-state index is 0.0951. The van der Waals surface area contributed by atoms with Gasteiger partial charge in [-0.3, -0.25) is 0 Å². The number of thiophene rings is 1. The number of hydrogen-bond donors (Lipinski definition) is 0. The average Bonchev–Trinajstić information content (AvgIpc) is 2.75. The molecular formula is C13H15ClN2S2. The summed E-state index contributed by atoms with van der Waals surface area (Å²) in [5, 5.41) is 3.56. The highest BCUT2D eigenvalue weighted by atomic mass is 35.5. The van der Waals surface area contributed by atoms with Gasteiger partial charge in [0.15, 0.2) is 0 Å². The maximum absolute atomic E-state index is 6.20. The first-order valence-corrected chi connectivity index (χ1v) is 7.71. The summed E-state index contributed by atoms with van der Waals surface area (Å²) in [6.45, 7) is 8.24. The summed E-state index contributed by atoms with van der Waals surface area (Å²) < 4.78 is 1.22. The topological polar surface area (TPSA) is 25.8 Å². The summed E-state index contributed by atoms with van der Waals surface area (Å²) >= 11 is 9.56. The molecule has 0 unspecified atom stereocenters. The van der Waals surface area contributed by atoms with Gasteiger partial charge in [-0.25, -0.2) is 9.97 Å². The molecule has 0 amide bonds. The second-order valence-corrected chi connectivity index (χ2v) is 7.65. The molecule has 0 aliphatic heterocycles. The number of rotatable bonds is 2. The molecule has 2 aromatic rings. The van der Waals surface area contributed by atoms with Crippen LogP contribution in [0.1, 0.15) is 32.2 Å². The van der Waals surface area contributed by atoms with Gasteiger partial charge in [-0.1, -0.05) is 50.2 Å². The van der Waals surface area contributed by atoms with Gasteiger partial charge in [0.25, 0.3) is 0 Å². The van der Waals surface area contributed by atoms with Crippen molar-refractivity contribution in [2.75, 3.05) is 0 Å². The van der Waals surface area contributed by atoms with Gasteiger partial charge >= 0.3 is 0 Å². The first-order chi connectivity index (χ1) is 8.38. The standard InChI is InChI=1S/C13H15ClN2S2/c1-8-10(14)15-12(13(2,3)4)16-11(8)18-9-6-5-7-17-9/h5-7H,1-4H3. The summed E-state index contributed by atoms with van der Waals surface area (Å²) in [5.74, 6) is 0.789. The molecule has 0 radical (unpaired) electrons. The third-order valence-corrected chi connectivity index (χ3v) is 4.90. The monoisotopic (exact) mass is 298 g/mol. The summed E-state index contributed by atoms with van der Waals surface area (Å²) in [6.07, 6.45) is 0. The minimum atomic E-state index is -0.0951. The molecule has 0 atom stereocenters. The third-order valence-electron chi connectivity index (χ3n) is 2.40. The molecule has 18 heavy (non-hydrogen) atoms. The van der Waals surface area contributed by atoms with E-state index in [0.717, 1.165) is 16.4 Å². The number of aromatic nitrogens is 2. The predicted molar refractivity (Wildman–Crippen MR) is 78.9 cm³/mol. The molecule has 2 heterocycles. The van der Waals surface area contributed by atoms with Crippen molar-refractivity contribution in [3.8, 4) is 0 Å². The molecule has 0 bridgehead atoms. The fourth-order valence-electron chi connectivity index (χ4n) is 1.32. The fourth-order valence-corrected chi connectivity index (χ4v) is 3.31. The van der Waals surface area contributed by atoms with E-state index in [1.165, 1.54) is 4.21 Å². The molecule has 0 saturated heterocycles. The Balaban J connectivity index is 2.43. The Labute approximate surface area is 121 Å². The first kappa shape index (κ1) is 13.8. The van der Waals surface area contributed by atoms with Gasteiger partial charge in [0.05, 0.1) is 4.21 Å². The molecular weight excluding hydrogens is 284 g/mol. The molecule has 0 N–H and O–H groups in total. The fraction of sp³-hybridized carbons (Fsp3) is 0.385. The third kappa shape index (κ3) is 3.05. The number of nitrogens with zero attached hydrogens (tertiary/aromatic N) is 2. The van der Waals surface area contributed by atoms with Crippen LogP contribution in [0.3, 0.4) is 0 Å². The lowest BCUT2D eigenvalue weighted by Crippen LogP contribution is -2.17.